The van der Waals surface area contributed by atoms with Gasteiger partial charge < -0.3 is 15.3 Å². The van der Waals surface area contributed by atoms with Gasteiger partial charge >= 0.3 is 12.0 Å². The number of carbonyl (C=O) groups excluding carboxylic acids is 1. The molecule has 116 valence electrons. The first-order valence-electron chi connectivity index (χ1n) is 6.76. The third kappa shape index (κ3) is 4.56. The van der Waals surface area contributed by atoms with Crippen molar-refractivity contribution in [1.82, 2.24) is 15.1 Å². The van der Waals surface area contributed by atoms with Gasteiger partial charge in [0.25, 0.3) is 0 Å². The van der Waals surface area contributed by atoms with Crippen molar-refractivity contribution < 1.29 is 14.7 Å². The fraction of sp³-hybridized carbons (Fsp3) is 0.846. The van der Waals surface area contributed by atoms with Crippen molar-refractivity contribution in [3.05, 3.63) is 0 Å². The lowest BCUT2D eigenvalue weighted by Gasteiger charge is -2.45. The van der Waals surface area contributed by atoms with Gasteiger partial charge in [0.15, 0.2) is 0 Å². The van der Waals surface area contributed by atoms with Gasteiger partial charge in [0.05, 0.1) is 0 Å². The van der Waals surface area contributed by atoms with Crippen LogP contribution in [0, 0.1) is 0 Å². The van der Waals surface area contributed by atoms with E-state index >= 15 is 0 Å². The number of amides is 2. The SMILES string of the molecule is CSCCC(NC(=O)N1CCN(C)C(C)(C)C1)C(=O)O. The minimum atomic E-state index is -0.971. The Kier molecular flexibility index (Phi) is 6.13. The third-order valence-electron chi connectivity index (χ3n) is 3.81. The van der Waals surface area contributed by atoms with E-state index in [9.17, 15) is 9.59 Å². The molecule has 7 heteroatoms. The standard InChI is InChI=1S/C13H25N3O3S/c1-13(2)9-16(7-6-15(13)3)12(19)14-10(11(17)18)5-8-20-4/h10H,5-9H2,1-4H3,(H,14,19)(H,17,18). The molecule has 6 nitrogen and oxygen atoms in total. The number of carboxylic acid groups (broad SMARTS) is 1. The number of carbonyl (C=O) groups is 2. The number of aliphatic carboxylic acids is 1. The Morgan fingerprint density at radius 2 is 2.05 bits per heavy atom. The summed E-state index contributed by atoms with van der Waals surface area (Å²) in [6.45, 7) is 6.18. The molecule has 0 saturated carbocycles. The number of rotatable bonds is 5. The summed E-state index contributed by atoms with van der Waals surface area (Å²) in [4.78, 5) is 27.3. The lowest BCUT2D eigenvalue weighted by molar-refractivity contribution is -0.139. The average Bonchev–Trinajstić information content (AvgIpc) is 2.37. The number of likely N-dealkylation sites (N-methyl/N-ethyl adjacent to an activating group) is 1. The van der Waals surface area contributed by atoms with Crippen LogP contribution in [0.4, 0.5) is 4.79 Å². The zero-order valence-electron chi connectivity index (χ0n) is 12.7. The summed E-state index contributed by atoms with van der Waals surface area (Å²) < 4.78 is 0. The number of hydrogen-bond acceptors (Lipinski definition) is 4. The smallest absolute Gasteiger partial charge is 0.326 e. The molecule has 0 aromatic carbocycles. The molecule has 0 radical (unpaired) electrons. The summed E-state index contributed by atoms with van der Waals surface area (Å²) in [5.74, 6) is -0.258. The van der Waals surface area contributed by atoms with Crippen LogP contribution in [-0.2, 0) is 4.79 Å². The van der Waals surface area contributed by atoms with E-state index in [-0.39, 0.29) is 11.6 Å². The van der Waals surface area contributed by atoms with Crippen LogP contribution >= 0.6 is 11.8 Å². The first kappa shape index (κ1) is 17.1. The van der Waals surface area contributed by atoms with Crippen LogP contribution in [0.5, 0.6) is 0 Å². The Labute approximate surface area is 124 Å². The van der Waals surface area contributed by atoms with E-state index in [1.807, 2.05) is 13.3 Å². The van der Waals surface area contributed by atoms with Gasteiger partial charge in [0, 0.05) is 25.2 Å². The monoisotopic (exact) mass is 303 g/mol. The predicted octanol–water partition coefficient (Wildman–Crippen LogP) is 0.928. The van der Waals surface area contributed by atoms with Crippen LogP contribution in [0.3, 0.4) is 0 Å². The van der Waals surface area contributed by atoms with E-state index in [0.29, 0.717) is 25.3 Å². The Bertz CT molecular complexity index is 363. The molecule has 0 aromatic rings. The van der Waals surface area contributed by atoms with Crippen molar-refractivity contribution in [3.8, 4) is 0 Å². The maximum Gasteiger partial charge on any atom is 0.326 e. The van der Waals surface area contributed by atoms with Crippen molar-refractivity contribution in [3.63, 3.8) is 0 Å². The minimum absolute atomic E-state index is 0.0897. The molecule has 20 heavy (non-hydrogen) atoms. The molecule has 0 bridgehead atoms. The second kappa shape index (κ2) is 7.17. The van der Waals surface area contributed by atoms with Gasteiger partial charge in [-0.25, -0.2) is 9.59 Å². The van der Waals surface area contributed by atoms with Crippen molar-refractivity contribution in [2.24, 2.45) is 0 Å². The minimum Gasteiger partial charge on any atom is -0.480 e. The van der Waals surface area contributed by atoms with E-state index in [4.69, 9.17) is 5.11 Å². The second-order valence-electron chi connectivity index (χ2n) is 5.78. The fourth-order valence-corrected chi connectivity index (χ4v) is 2.62. The van der Waals surface area contributed by atoms with Crippen LogP contribution < -0.4 is 5.32 Å². The highest BCUT2D eigenvalue weighted by atomic mass is 32.2. The van der Waals surface area contributed by atoms with Gasteiger partial charge in [-0.15, -0.1) is 0 Å². The molecule has 2 N–H and O–H groups in total. The van der Waals surface area contributed by atoms with Gasteiger partial charge in [-0.1, -0.05) is 0 Å². The van der Waals surface area contributed by atoms with Gasteiger partial charge in [-0.05, 0) is 39.3 Å². The second-order valence-corrected chi connectivity index (χ2v) is 6.76. The van der Waals surface area contributed by atoms with E-state index in [1.54, 1.807) is 16.7 Å². The molecule has 1 aliphatic rings. The Morgan fingerprint density at radius 3 is 2.55 bits per heavy atom. The van der Waals surface area contributed by atoms with E-state index in [1.165, 1.54) is 0 Å². The molecular weight excluding hydrogens is 278 g/mol. The zero-order chi connectivity index (χ0) is 15.3. The molecule has 2 amide bonds. The quantitative estimate of drug-likeness (QED) is 0.790. The lowest BCUT2D eigenvalue weighted by atomic mass is 10.00. The molecule has 1 heterocycles. The topological polar surface area (TPSA) is 72.9 Å². The number of carboxylic acids is 1. The van der Waals surface area contributed by atoms with Crippen molar-refractivity contribution in [2.45, 2.75) is 31.8 Å². The Balaban J connectivity index is 2.58. The maximum absolute atomic E-state index is 12.2. The highest BCUT2D eigenvalue weighted by Crippen LogP contribution is 2.18. The van der Waals surface area contributed by atoms with Crippen molar-refractivity contribution >= 4 is 23.8 Å². The fourth-order valence-electron chi connectivity index (χ4n) is 2.15. The van der Waals surface area contributed by atoms with Gasteiger partial charge in [0.1, 0.15) is 6.04 Å². The van der Waals surface area contributed by atoms with E-state index in [0.717, 1.165) is 6.54 Å². The van der Waals surface area contributed by atoms with E-state index < -0.39 is 12.0 Å². The Hall–Kier alpha value is -0.950. The molecule has 0 spiro atoms. The maximum atomic E-state index is 12.2. The summed E-state index contributed by atoms with van der Waals surface area (Å²) in [7, 11) is 2.04. The number of piperazine rings is 1. The number of thioether (sulfide) groups is 1. The molecule has 0 aromatic heterocycles. The molecule has 1 atom stereocenters. The van der Waals surface area contributed by atoms with Crippen molar-refractivity contribution in [2.75, 3.05) is 38.7 Å². The number of nitrogens with one attached hydrogen (secondary N) is 1. The normalized spacial score (nSPS) is 20.5. The van der Waals surface area contributed by atoms with E-state index in [2.05, 4.69) is 24.1 Å². The van der Waals surface area contributed by atoms with Crippen LogP contribution in [0.1, 0.15) is 20.3 Å². The number of hydrogen-bond donors (Lipinski definition) is 2. The predicted molar refractivity (Wildman–Crippen MR) is 81.2 cm³/mol. The summed E-state index contributed by atoms with van der Waals surface area (Å²) in [6.07, 6.45) is 2.36. The van der Waals surface area contributed by atoms with Crippen LogP contribution in [0.2, 0.25) is 0 Å². The summed E-state index contributed by atoms with van der Waals surface area (Å²) in [6, 6.07) is -1.09. The third-order valence-corrected chi connectivity index (χ3v) is 4.45. The largest absolute Gasteiger partial charge is 0.480 e. The average molecular weight is 303 g/mol. The molecule has 0 aliphatic carbocycles. The summed E-state index contributed by atoms with van der Waals surface area (Å²) in [5.41, 5.74) is -0.0897. The van der Waals surface area contributed by atoms with Crippen LogP contribution in [-0.4, -0.2) is 77.2 Å². The van der Waals surface area contributed by atoms with Crippen LogP contribution in [0.15, 0.2) is 0 Å². The highest BCUT2D eigenvalue weighted by molar-refractivity contribution is 7.98. The van der Waals surface area contributed by atoms with Gasteiger partial charge in [0.2, 0.25) is 0 Å². The van der Waals surface area contributed by atoms with Crippen LogP contribution in [0.25, 0.3) is 0 Å². The van der Waals surface area contributed by atoms with Gasteiger partial charge in [-0.2, -0.15) is 11.8 Å². The Morgan fingerprint density at radius 1 is 1.40 bits per heavy atom. The van der Waals surface area contributed by atoms with Gasteiger partial charge in [-0.3, -0.25) is 4.90 Å². The molecule has 1 aliphatic heterocycles. The molecule has 1 saturated heterocycles. The van der Waals surface area contributed by atoms with Crippen molar-refractivity contribution in [1.29, 1.82) is 0 Å². The number of nitrogens with zero attached hydrogens (tertiary/aromatic N) is 2. The lowest BCUT2D eigenvalue weighted by Crippen LogP contribution is -2.61. The first-order valence-corrected chi connectivity index (χ1v) is 8.15. The number of urea groups is 1. The molecule has 1 unspecified atom stereocenters. The zero-order valence-corrected chi connectivity index (χ0v) is 13.5. The summed E-state index contributed by atoms with van der Waals surface area (Å²) >= 11 is 1.58. The molecule has 1 fully saturated rings. The molecule has 1 rings (SSSR count). The highest BCUT2D eigenvalue weighted by Gasteiger charge is 2.34. The first-order chi connectivity index (χ1) is 9.27. The molecular formula is C13H25N3O3S. The summed E-state index contributed by atoms with van der Waals surface area (Å²) in [5, 5.41) is 11.8.